The largest absolute Gasteiger partial charge is 0.496 e. The van der Waals surface area contributed by atoms with Gasteiger partial charge in [0.25, 0.3) is 0 Å². The third-order valence-corrected chi connectivity index (χ3v) is 5.04. The predicted octanol–water partition coefficient (Wildman–Crippen LogP) is 4.43. The van der Waals surface area contributed by atoms with Crippen LogP contribution in [0.5, 0.6) is 11.6 Å². The molecule has 1 radical (unpaired) electrons. The van der Waals surface area contributed by atoms with Crippen molar-refractivity contribution in [3.8, 4) is 23.0 Å². The summed E-state index contributed by atoms with van der Waals surface area (Å²) in [7, 11) is 3.16. The lowest BCUT2D eigenvalue weighted by Crippen LogP contribution is -2.14. The second kappa shape index (κ2) is 8.59. The minimum atomic E-state index is -0.150. The molecular formula is C22H28N3O3. The molecule has 6 heteroatoms. The molecule has 6 nitrogen and oxygen atoms in total. The number of amides is 1. The number of aromatic nitrogens is 2. The van der Waals surface area contributed by atoms with Gasteiger partial charge in [-0.1, -0.05) is 18.9 Å². The summed E-state index contributed by atoms with van der Waals surface area (Å²) in [5.74, 6) is 2.19. The minimum Gasteiger partial charge on any atom is -0.496 e. The summed E-state index contributed by atoms with van der Waals surface area (Å²) in [6, 6.07) is 4.01. The summed E-state index contributed by atoms with van der Waals surface area (Å²) in [5, 5.41) is 4.24. The van der Waals surface area contributed by atoms with Crippen LogP contribution in [-0.4, -0.2) is 30.1 Å². The lowest BCUT2D eigenvalue weighted by atomic mass is 10.0. The highest BCUT2D eigenvalue weighted by Crippen LogP contribution is 2.36. The molecule has 0 N–H and O–H groups in total. The van der Waals surface area contributed by atoms with Crippen LogP contribution in [-0.2, 0) is 4.79 Å². The van der Waals surface area contributed by atoms with Crippen LogP contribution in [0.4, 0.5) is 5.69 Å². The second-order valence-electron chi connectivity index (χ2n) is 7.49. The highest BCUT2D eigenvalue weighted by Gasteiger charge is 2.23. The van der Waals surface area contributed by atoms with Crippen LogP contribution >= 0.6 is 0 Å². The molecule has 1 amide bonds. The van der Waals surface area contributed by atoms with Gasteiger partial charge in [0.2, 0.25) is 11.8 Å². The Kier molecular flexibility index (Phi) is 6.17. The maximum absolute atomic E-state index is 12.3. The summed E-state index contributed by atoms with van der Waals surface area (Å²) in [4.78, 5) is 21.4. The van der Waals surface area contributed by atoms with Crippen molar-refractivity contribution in [2.45, 2.75) is 52.9 Å². The maximum atomic E-state index is 12.3. The molecule has 0 atom stereocenters. The van der Waals surface area contributed by atoms with Gasteiger partial charge in [-0.15, -0.1) is 0 Å². The highest BCUT2D eigenvalue weighted by atomic mass is 16.5. The first-order chi connectivity index (χ1) is 13.4. The number of nitrogens with zero attached hydrogens (tertiary/aromatic N) is 3. The zero-order valence-electron chi connectivity index (χ0n) is 17.3. The van der Waals surface area contributed by atoms with Crippen molar-refractivity contribution in [1.82, 2.24) is 15.3 Å². The van der Waals surface area contributed by atoms with E-state index in [-0.39, 0.29) is 5.91 Å². The Morgan fingerprint density at radius 2 is 1.89 bits per heavy atom. The third kappa shape index (κ3) is 4.61. The molecule has 1 aliphatic rings. The third-order valence-electron chi connectivity index (χ3n) is 5.04. The fraction of sp³-hybridized carbons (Fsp3) is 0.500. The van der Waals surface area contributed by atoms with Gasteiger partial charge in [-0.2, -0.15) is 4.98 Å². The van der Waals surface area contributed by atoms with E-state index >= 15 is 0 Å². The van der Waals surface area contributed by atoms with Crippen molar-refractivity contribution < 1.29 is 14.3 Å². The lowest BCUT2D eigenvalue weighted by Gasteiger charge is -2.15. The van der Waals surface area contributed by atoms with Gasteiger partial charge in [0.15, 0.2) is 11.5 Å². The number of carbonyl (C=O) groups is 1. The van der Waals surface area contributed by atoms with Crippen LogP contribution < -0.4 is 14.8 Å². The Bertz CT molecular complexity index is 876. The van der Waals surface area contributed by atoms with E-state index in [0.29, 0.717) is 35.3 Å². The average Bonchev–Trinajstić information content (AvgIpc) is 3.46. The van der Waals surface area contributed by atoms with Gasteiger partial charge < -0.3 is 9.47 Å². The number of hydrogen-bond acceptors (Lipinski definition) is 5. The van der Waals surface area contributed by atoms with Crippen LogP contribution in [0.1, 0.15) is 48.9 Å². The number of benzene rings is 1. The quantitative estimate of drug-likeness (QED) is 0.675. The monoisotopic (exact) mass is 382 g/mol. The van der Waals surface area contributed by atoms with E-state index in [1.54, 1.807) is 7.11 Å². The van der Waals surface area contributed by atoms with Crippen LogP contribution in [0.3, 0.4) is 0 Å². The first kappa shape index (κ1) is 20.1. The summed E-state index contributed by atoms with van der Waals surface area (Å²) in [6.45, 7) is 5.83. The number of carbonyl (C=O) groups excluding carboxylic acids is 1. The number of aryl methyl sites for hydroxylation is 3. The van der Waals surface area contributed by atoms with E-state index in [4.69, 9.17) is 9.47 Å². The van der Waals surface area contributed by atoms with E-state index in [0.717, 1.165) is 35.4 Å². The molecule has 28 heavy (non-hydrogen) atoms. The molecule has 3 rings (SSSR count). The Morgan fingerprint density at radius 1 is 1.14 bits per heavy atom. The minimum absolute atomic E-state index is 0.150. The van der Waals surface area contributed by atoms with Crippen LogP contribution in [0.25, 0.3) is 11.4 Å². The first-order valence-electron chi connectivity index (χ1n) is 9.75. The van der Waals surface area contributed by atoms with Gasteiger partial charge in [-0.3, -0.25) is 4.79 Å². The molecule has 1 saturated carbocycles. The molecular weight excluding hydrogens is 354 g/mol. The van der Waals surface area contributed by atoms with Crippen molar-refractivity contribution in [3.63, 3.8) is 0 Å². The topological polar surface area (TPSA) is 75.4 Å². The summed E-state index contributed by atoms with van der Waals surface area (Å²) < 4.78 is 11.0. The molecule has 1 heterocycles. The molecule has 0 spiro atoms. The smallest absolute Gasteiger partial charge is 0.246 e. The molecule has 0 saturated heterocycles. The van der Waals surface area contributed by atoms with Gasteiger partial charge in [-0.05, 0) is 56.7 Å². The van der Waals surface area contributed by atoms with Crippen molar-refractivity contribution >= 4 is 11.6 Å². The molecule has 2 aromatic rings. The molecule has 0 bridgehead atoms. The van der Waals surface area contributed by atoms with Gasteiger partial charge in [-0.25, -0.2) is 10.3 Å². The number of hydrogen-bond donors (Lipinski definition) is 0. The molecule has 1 aromatic carbocycles. The second-order valence-corrected chi connectivity index (χ2v) is 7.49. The summed E-state index contributed by atoms with van der Waals surface area (Å²) >= 11 is 0. The van der Waals surface area contributed by atoms with E-state index in [9.17, 15) is 4.79 Å². The Balaban J connectivity index is 1.86. The van der Waals surface area contributed by atoms with E-state index in [1.165, 1.54) is 20.0 Å². The summed E-state index contributed by atoms with van der Waals surface area (Å²) in [5.41, 5.74) is 3.95. The molecule has 1 fully saturated rings. The molecule has 0 unspecified atom stereocenters. The molecule has 1 aliphatic carbocycles. The highest BCUT2D eigenvalue weighted by molar-refractivity contribution is 5.82. The zero-order valence-corrected chi connectivity index (χ0v) is 17.3. The normalized spacial score (nSPS) is 13.3. The average molecular weight is 382 g/mol. The fourth-order valence-electron chi connectivity index (χ4n) is 3.43. The van der Waals surface area contributed by atoms with Gasteiger partial charge in [0, 0.05) is 6.42 Å². The van der Waals surface area contributed by atoms with Crippen LogP contribution in [0.2, 0.25) is 0 Å². The van der Waals surface area contributed by atoms with Gasteiger partial charge in [0.1, 0.15) is 5.75 Å². The Hall–Kier alpha value is -2.63. The van der Waals surface area contributed by atoms with Gasteiger partial charge in [0.05, 0.1) is 25.5 Å². The summed E-state index contributed by atoms with van der Waals surface area (Å²) in [6.07, 6.45) is 5.04. The van der Waals surface area contributed by atoms with Crippen molar-refractivity contribution in [1.29, 1.82) is 0 Å². The SMILES string of the molecule is COc1cc(C)cc(C)c1-c1nc(C)c([N]C(=O)CCCC2CC2)c(OC)n1. The maximum Gasteiger partial charge on any atom is 0.246 e. The molecule has 0 aliphatic heterocycles. The van der Waals surface area contributed by atoms with Crippen molar-refractivity contribution in [3.05, 3.63) is 29.0 Å². The van der Waals surface area contributed by atoms with Gasteiger partial charge >= 0.3 is 0 Å². The van der Waals surface area contributed by atoms with E-state index in [2.05, 4.69) is 21.4 Å². The van der Waals surface area contributed by atoms with Crippen molar-refractivity contribution in [2.75, 3.05) is 14.2 Å². The number of methoxy groups -OCH3 is 2. The fourth-order valence-corrected chi connectivity index (χ4v) is 3.43. The van der Waals surface area contributed by atoms with E-state index in [1.807, 2.05) is 26.8 Å². The molecule has 149 valence electrons. The van der Waals surface area contributed by atoms with Crippen molar-refractivity contribution in [2.24, 2.45) is 5.92 Å². The zero-order chi connectivity index (χ0) is 20.3. The lowest BCUT2D eigenvalue weighted by molar-refractivity contribution is -0.120. The standard InChI is InChI=1S/C22H28N3O3/c1-13-11-14(2)19(17(12-13)27-4)21-23-15(3)20(22(25-21)28-5)24-18(26)8-6-7-16-9-10-16/h11-12,16H,6-10H2,1-5H3. The van der Waals surface area contributed by atoms with Crippen LogP contribution in [0.15, 0.2) is 12.1 Å². The Labute approximate surface area is 166 Å². The van der Waals surface area contributed by atoms with Crippen LogP contribution in [0, 0.1) is 26.7 Å². The number of rotatable bonds is 8. The Morgan fingerprint density at radius 3 is 2.54 bits per heavy atom. The van der Waals surface area contributed by atoms with E-state index < -0.39 is 0 Å². The number of ether oxygens (including phenoxy) is 2. The predicted molar refractivity (Wildman–Crippen MR) is 108 cm³/mol. The first-order valence-corrected chi connectivity index (χ1v) is 9.75. The molecule has 1 aromatic heterocycles.